The van der Waals surface area contributed by atoms with Crippen molar-refractivity contribution in [3.8, 4) is 11.3 Å². The van der Waals surface area contributed by atoms with E-state index in [2.05, 4.69) is 10.3 Å². The molecule has 4 rings (SSSR count). The lowest BCUT2D eigenvalue weighted by Crippen LogP contribution is -2.29. The molecule has 146 valence electrons. The Morgan fingerprint density at radius 2 is 1.75 bits per heavy atom. The number of hydrogen-bond acceptors (Lipinski definition) is 7. The first-order valence-electron chi connectivity index (χ1n) is 8.42. The number of benzene rings is 2. The average molecular weight is 436 g/mol. The van der Waals surface area contributed by atoms with Crippen LogP contribution in [0.5, 0.6) is 0 Å². The fourth-order valence-electron chi connectivity index (χ4n) is 2.83. The minimum absolute atomic E-state index is 0.00789. The van der Waals surface area contributed by atoms with Crippen LogP contribution >= 0.6 is 11.3 Å². The lowest BCUT2D eigenvalue weighted by Gasteiger charge is -2.14. The largest absolute Gasteiger partial charge is 0.332 e. The number of nitrogens with zero attached hydrogens (tertiary/aromatic N) is 2. The van der Waals surface area contributed by atoms with Gasteiger partial charge in [0.25, 0.3) is 0 Å². The molecule has 10 heteroatoms. The van der Waals surface area contributed by atoms with Crippen molar-refractivity contribution < 1.29 is 16.8 Å². The predicted molar refractivity (Wildman–Crippen MR) is 110 cm³/mol. The van der Waals surface area contributed by atoms with Gasteiger partial charge in [-0.2, -0.15) is 4.31 Å². The van der Waals surface area contributed by atoms with Crippen LogP contribution in [0.3, 0.4) is 0 Å². The van der Waals surface area contributed by atoms with Crippen molar-refractivity contribution in [2.45, 2.75) is 4.90 Å². The first-order valence-corrected chi connectivity index (χ1v) is 12.6. The van der Waals surface area contributed by atoms with Gasteiger partial charge >= 0.3 is 0 Å². The Balaban J connectivity index is 1.49. The molecule has 1 aliphatic heterocycles. The topological polar surface area (TPSA) is 96.4 Å². The van der Waals surface area contributed by atoms with Crippen molar-refractivity contribution in [3.05, 3.63) is 60.0 Å². The van der Waals surface area contributed by atoms with Gasteiger partial charge < -0.3 is 5.32 Å². The Morgan fingerprint density at radius 3 is 2.39 bits per heavy atom. The molecule has 1 N–H and O–H groups in total. The van der Waals surface area contributed by atoms with Gasteiger partial charge in [0.1, 0.15) is 5.88 Å². The van der Waals surface area contributed by atoms with Crippen molar-refractivity contribution in [2.75, 3.05) is 23.5 Å². The van der Waals surface area contributed by atoms with Gasteiger partial charge in [0.15, 0.2) is 15.0 Å². The molecule has 7 nitrogen and oxygen atoms in total. The molecule has 0 atom stereocenters. The second-order valence-electron chi connectivity index (χ2n) is 6.31. The quantitative estimate of drug-likeness (QED) is 0.662. The highest BCUT2D eigenvalue weighted by atomic mass is 32.2. The Morgan fingerprint density at radius 1 is 1.04 bits per heavy atom. The van der Waals surface area contributed by atoms with Crippen LogP contribution in [0.25, 0.3) is 11.3 Å². The van der Waals surface area contributed by atoms with Crippen LogP contribution in [-0.2, 0) is 19.9 Å². The minimum atomic E-state index is -3.82. The lowest BCUT2D eigenvalue weighted by atomic mass is 10.2. The first-order chi connectivity index (χ1) is 13.3. The number of hydrogen-bond donors (Lipinski definition) is 1. The fourth-order valence-corrected chi connectivity index (χ4v) is 7.03. The average Bonchev–Trinajstić information content (AvgIpc) is 3.29. The third-order valence-electron chi connectivity index (χ3n) is 4.31. The van der Waals surface area contributed by atoms with Gasteiger partial charge in [-0.25, -0.2) is 21.8 Å². The molecule has 0 radical (unpaired) electrons. The molecular weight excluding hydrogens is 418 g/mol. The number of rotatable bonds is 5. The summed E-state index contributed by atoms with van der Waals surface area (Å²) in [5.74, 6) is -0.601. The van der Waals surface area contributed by atoms with Crippen molar-refractivity contribution in [1.29, 1.82) is 0 Å². The molecule has 0 unspecified atom stereocenters. The van der Waals surface area contributed by atoms with Gasteiger partial charge in [0, 0.05) is 23.2 Å². The Hall–Kier alpha value is -2.27. The Bertz CT molecular complexity index is 1190. The van der Waals surface area contributed by atoms with E-state index in [4.69, 9.17) is 0 Å². The van der Waals surface area contributed by atoms with Gasteiger partial charge in [-0.1, -0.05) is 30.3 Å². The molecule has 0 amide bonds. The number of aromatic nitrogens is 1. The maximum absolute atomic E-state index is 12.6. The number of anilines is 2. The molecule has 0 spiro atoms. The number of sulfone groups is 1. The summed E-state index contributed by atoms with van der Waals surface area (Å²) < 4.78 is 49.3. The standard InChI is InChI=1S/C18H17N3O4S3/c22-27(23)11-10-21(13-27)28(24,25)16-8-6-15(7-9-16)19-18-20-17(12-26-18)14-4-2-1-3-5-14/h1-9,12H,10-11,13H2,(H,19,20). The van der Waals surface area contributed by atoms with Gasteiger partial charge in [0.2, 0.25) is 10.0 Å². The second-order valence-corrected chi connectivity index (χ2v) is 11.3. The second kappa shape index (κ2) is 7.28. The van der Waals surface area contributed by atoms with E-state index in [1.165, 1.54) is 23.5 Å². The molecule has 28 heavy (non-hydrogen) atoms. The van der Waals surface area contributed by atoms with Crippen molar-refractivity contribution in [1.82, 2.24) is 9.29 Å². The molecule has 2 aromatic carbocycles. The van der Waals surface area contributed by atoms with Crippen LogP contribution < -0.4 is 5.32 Å². The van der Waals surface area contributed by atoms with Crippen molar-refractivity contribution in [2.24, 2.45) is 0 Å². The van der Waals surface area contributed by atoms with E-state index in [0.29, 0.717) is 10.8 Å². The summed E-state index contributed by atoms with van der Waals surface area (Å²) in [7, 11) is -7.15. The summed E-state index contributed by atoms with van der Waals surface area (Å²) >= 11 is 1.45. The molecule has 0 aliphatic carbocycles. The van der Waals surface area contributed by atoms with Crippen molar-refractivity contribution in [3.63, 3.8) is 0 Å². The molecule has 1 fully saturated rings. The summed E-state index contributed by atoms with van der Waals surface area (Å²) in [5, 5.41) is 5.80. The SMILES string of the molecule is O=S1(=O)CCN(S(=O)(=O)c2ccc(Nc3nc(-c4ccccc4)cs3)cc2)C1. The van der Waals surface area contributed by atoms with E-state index in [1.54, 1.807) is 12.1 Å². The van der Waals surface area contributed by atoms with E-state index in [1.807, 2.05) is 35.7 Å². The van der Waals surface area contributed by atoms with E-state index in [-0.39, 0.29) is 17.2 Å². The highest BCUT2D eigenvalue weighted by molar-refractivity contribution is 7.94. The number of nitrogens with one attached hydrogen (secondary N) is 1. The maximum atomic E-state index is 12.6. The summed E-state index contributed by atoms with van der Waals surface area (Å²) in [6.45, 7) is -0.00789. The summed E-state index contributed by atoms with van der Waals surface area (Å²) in [4.78, 5) is 4.61. The predicted octanol–water partition coefficient (Wildman–Crippen LogP) is 2.93. The monoisotopic (exact) mass is 435 g/mol. The van der Waals surface area contributed by atoms with E-state index >= 15 is 0 Å². The molecular formula is C18H17N3O4S3. The van der Waals surface area contributed by atoms with Gasteiger partial charge in [0.05, 0.1) is 16.3 Å². The van der Waals surface area contributed by atoms with Crippen LogP contribution in [-0.4, -0.2) is 44.3 Å². The van der Waals surface area contributed by atoms with Crippen LogP contribution in [0.4, 0.5) is 10.8 Å². The fraction of sp³-hybridized carbons (Fsp3) is 0.167. The third kappa shape index (κ3) is 3.95. The minimum Gasteiger partial charge on any atom is -0.332 e. The summed E-state index contributed by atoms with van der Waals surface area (Å²) in [5.41, 5.74) is 2.58. The zero-order chi connectivity index (χ0) is 19.8. The van der Waals surface area contributed by atoms with Gasteiger partial charge in [-0.3, -0.25) is 0 Å². The highest BCUT2D eigenvalue weighted by Gasteiger charge is 2.35. The lowest BCUT2D eigenvalue weighted by molar-refractivity contribution is 0.486. The zero-order valence-electron chi connectivity index (χ0n) is 14.6. The third-order valence-corrected chi connectivity index (χ3v) is 8.60. The molecule has 1 saturated heterocycles. The van der Waals surface area contributed by atoms with E-state index in [9.17, 15) is 16.8 Å². The van der Waals surface area contributed by atoms with Crippen LogP contribution in [0.15, 0.2) is 64.9 Å². The number of thiazole rings is 1. The van der Waals surface area contributed by atoms with Crippen LogP contribution in [0, 0.1) is 0 Å². The molecule has 1 aliphatic rings. The number of sulfonamides is 1. The maximum Gasteiger partial charge on any atom is 0.244 e. The van der Waals surface area contributed by atoms with Gasteiger partial charge in [-0.15, -0.1) is 11.3 Å². The molecule has 2 heterocycles. The van der Waals surface area contributed by atoms with E-state index < -0.39 is 25.7 Å². The summed E-state index contributed by atoms with van der Waals surface area (Å²) in [6.07, 6.45) is 0. The molecule has 3 aromatic rings. The van der Waals surface area contributed by atoms with Crippen LogP contribution in [0.2, 0.25) is 0 Å². The first kappa shape index (κ1) is 19.1. The highest BCUT2D eigenvalue weighted by Crippen LogP contribution is 2.28. The van der Waals surface area contributed by atoms with Crippen LogP contribution in [0.1, 0.15) is 0 Å². The van der Waals surface area contributed by atoms with E-state index in [0.717, 1.165) is 15.6 Å². The molecule has 0 saturated carbocycles. The van der Waals surface area contributed by atoms with Crippen molar-refractivity contribution >= 4 is 42.0 Å². The summed E-state index contributed by atoms with van der Waals surface area (Å²) in [6, 6.07) is 16.0. The zero-order valence-corrected chi connectivity index (χ0v) is 17.1. The molecule has 1 aromatic heterocycles. The Kier molecular flexibility index (Phi) is 4.96. The Labute approximate surface area is 167 Å². The van der Waals surface area contributed by atoms with Gasteiger partial charge in [-0.05, 0) is 24.3 Å². The normalized spacial score (nSPS) is 16.9. The molecule has 0 bridgehead atoms. The smallest absolute Gasteiger partial charge is 0.244 e.